The van der Waals surface area contributed by atoms with Crippen molar-refractivity contribution in [2.24, 2.45) is 0 Å². The Balaban J connectivity index is 0.549. The van der Waals surface area contributed by atoms with Crippen molar-refractivity contribution < 1.29 is 87.0 Å². The number of hydrogen-bond acceptors (Lipinski definition) is 14. The van der Waals surface area contributed by atoms with Gasteiger partial charge in [0.1, 0.15) is 26.4 Å². The molecule has 0 spiro atoms. The predicted octanol–water partition coefficient (Wildman–Crippen LogP) is 13.0. The second-order valence-electron chi connectivity index (χ2n) is 22.9. The second kappa shape index (κ2) is 39.1. The molecule has 0 aliphatic rings. The number of carboxylic acid groups (broad SMARTS) is 4. The van der Waals surface area contributed by atoms with Crippen LogP contribution in [0.3, 0.4) is 0 Å². The van der Waals surface area contributed by atoms with Gasteiger partial charge in [-0.1, -0.05) is 132 Å². The van der Waals surface area contributed by atoms with Gasteiger partial charge in [0.05, 0.1) is 128 Å². The minimum absolute atomic E-state index is 0.179. The minimum atomic E-state index is -1.01. The van der Waals surface area contributed by atoms with Crippen LogP contribution in [0.15, 0.2) is 182 Å². The fourth-order valence-electron chi connectivity index (χ4n) is 10.9. The summed E-state index contributed by atoms with van der Waals surface area (Å²) >= 11 is 0. The highest BCUT2D eigenvalue weighted by Gasteiger charge is 2.15. The Hall–Kier alpha value is -11.0. The van der Waals surface area contributed by atoms with Crippen LogP contribution in [-0.2, 0) is 47.4 Å². The molecule has 102 heavy (non-hydrogen) atoms. The zero-order valence-corrected chi connectivity index (χ0v) is 56.0. The SMILES string of the molecule is O=C(O)c1ccc(-c2cc(C#CCOCCOCCOCCOCCOCC#Cc3ccc4ccc5c(C#CCOCCOCCOCCOCCOCC#Cc6cc(-c7ccc(C(=O)O)cc7)cc(-c7ccc(C(=O)O)cc7)c6)ccc6ccc3c4c65)cc(-c3ccc(C(=O)O)cc3)c2)cc1. The van der Waals surface area contributed by atoms with Crippen LogP contribution >= 0.6 is 0 Å². The van der Waals surface area contributed by atoms with Crippen molar-refractivity contribution >= 4 is 56.2 Å². The van der Waals surface area contributed by atoms with Gasteiger partial charge in [0.15, 0.2) is 0 Å². The monoisotopic (exact) mass is 1370 g/mol. The number of benzene rings is 10. The third-order valence-corrected chi connectivity index (χ3v) is 16.0. The summed E-state index contributed by atoms with van der Waals surface area (Å²) in [6.07, 6.45) is 0. The molecule has 0 fully saturated rings. The Bertz CT molecular complexity index is 4290. The number of rotatable bonds is 36. The molecule has 10 rings (SSSR count). The summed E-state index contributed by atoms with van der Waals surface area (Å²) in [5.74, 6) is 21.3. The maximum Gasteiger partial charge on any atom is 0.335 e. The van der Waals surface area contributed by atoms with Gasteiger partial charge in [-0.05, 0) is 174 Å². The van der Waals surface area contributed by atoms with Crippen LogP contribution in [0.25, 0.3) is 76.8 Å². The van der Waals surface area contributed by atoms with E-state index in [9.17, 15) is 39.6 Å². The van der Waals surface area contributed by atoms with Crippen molar-refractivity contribution in [3.63, 3.8) is 0 Å². The summed E-state index contributed by atoms with van der Waals surface area (Å²) < 4.78 is 56.8. The molecule has 4 N–H and O–H groups in total. The molecular formula is C84H74O18. The molecular weight excluding hydrogens is 1300 g/mol. The van der Waals surface area contributed by atoms with E-state index in [0.717, 1.165) is 88.0 Å². The summed E-state index contributed by atoms with van der Waals surface area (Å²) in [5.41, 5.74) is 10.6. The van der Waals surface area contributed by atoms with Gasteiger partial charge in [-0.15, -0.1) is 0 Å². The first-order valence-corrected chi connectivity index (χ1v) is 33.0. The maximum absolute atomic E-state index is 11.4. The Morgan fingerprint density at radius 2 is 0.471 bits per heavy atom. The Labute approximate surface area is 590 Å². The van der Waals surface area contributed by atoms with Crippen molar-refractivity contribution in [3.05, 3.63) is 226 Å². The van der Waals surface area contributed by atoms with Gasteiger partial charge in [-0.25, -0.2) is 19.2 Å². The highest BCUT2D eigenvalue weighted by Crippen LogP contribution is 2.38. The van der Waals surface area contributed by atoms with Crippen LogP contribution in [-0.4, -0.2) is 176 Å². The molecule has 0 aromatic heterocycles. The molecule has 0 saturated heterocycles. The van der Waals surface area contributed by atoms with E-state index < -0.39 is 23.9 Å². The summed E-state index contributed by atoms with van der Waals surface area (Å²) in [4.78, 5) is 45.7. The molecule has 0 atom stereocenters. The van der Waals surface area contributed by atoms with Crippen LogP contribution in [0.2, 0.25) is 0 Å². The molecule has 0 radical (unpaired) electrons. The first-order valence-electron chi connectivity index (χ1n) is 33.0. The summed E-state index contributed by atoms with van der Waals surface area (Å²) in [7, 11) is 0. The Morgan fingerprint density at radius 3 is 0.716 bits per heavy atom. The molecule has 0 aliphatic carbocycles. The lowest BCUT2D eigenvalue weighted by atomic mass is 9.90. The number of carbonyl (C=O) groups is 4. The lowest BCUT2D eigenvalue weighted by Gasteiger charge is -2.13. The van der Waals surface area contributed by atoms with E-state index in [4.69, 9.17) is 47.4 Å². The molecule has 0 bridgehead atoms. The van der Waals surface area contributed by atoms with Gasteiger partial charge in [0.2, 0.25) is 0 Å². The zero-order valence-electron chi connectivity index (χ0n) is 56.0. The molecule has 0 aliphatic heterocycles. The van der Waals surface area contributed by atoms with Crippen LogP contribution in [0.4, 0.5) is 0 Å². The maximum atomic E-state index is 11.4. The van der Waals surface area contributed by atoms with E-state index in [0.29, 0.717) is 117 Å². The van der Waals surface area contributed by atoms with Crippen molar-refractivity contribution in [2.45, 2.75) is 0 Å². The molecule has 18 nitrogen and oxygen atoms in total. The van der Waals surface area contributed by atoms with Crippen molar-refractivity contribution in [2.75, 3.05) is 132 Å². The molecule has 0 unspecified atom stereocenters. The highest BCUT2D eigenvalue weighted by atomic mass is 16.6. The number of carboxylic acids is 4. The lowest BCUT2D eigenvalue weighted by molar-refractivity contribution is -0.00704. The van der Waals surface area contributed by atoms with Crippen molar-refractivity contribution in [1.29, 1.82) is 0 Å². The third kappa shape index (κ3) is 22.0. The average molecular weight is 1370 g/mol. The van der Waals surface area contributed by atoms with Crippen molar-refractivity contribution in [1.82, 2.24) is 0 Å². The molecule has 0 heterocycles. The fourth-order valence-corrected chi connectivity index (χ4v) is 10.9. The molecule has 518 valence electrons. The van der Waals surface area contributed by atoms with Gasteiger partial charge in [-0.3, -0.25) is 0 Å². The van der Waals surface area contributed by atoms with Crippen LogP contribution < -0.4 is 0 Å². The van der Waals surface area contributed by atoms with E-state index >= 15 is 0 Å². The van der Waals surface area contributed by atoms with E-state index in [1.54, 1.807) is 97.1 Å². The smallest absolute Gasteiger partial charge is 0.335 e. The quantitative estimate of drug-likeness (QED) is 0.0162. The number of hydrogen-bond donors (Lipinski definition) is 4. The Kier molecular flexibility index (Phi) is 28.2. The van der Waals surface area contributed by atoms with E-state index in [1.807, 2.05) is 36.4 Å². The first kappa shape index (κ1) is 73.7. The van der Waals surface area contributed by atoms with E-state index in [-0.39, 0.29) is 48.7 Å². The zero-order chi connectivity index (χ0) is 71.1. The van der Waals surface area contributed by atoms with E-state index in [2.05, 4.69) is 95.9 Å². The topological polar surface area (TPSA) is 241 Å². The molecule has 18 heteroatoms. The van der Waals surface area contributed by atoms with Crippen LogP contribution in [0.1, 0.15) is 63.7 Å². The average Bonchev–Trinajstić information content (AvgIpc) is 0.735. The lowest BCUT2D eigenvalue weighted by Crippen LogP contribution is -2.13. The van der Waals surface area contributed by atoms with Crippen molar-refractivity contribution in [3.8, 4) is 91.9 Å². The molecule has 10 aromatic carbocycles. The summed E-state index contributed by atoms with van der Waals surface area (Å²) in [6, 6.07) is 54.7. The fraction of sp³-hybridized carbons (Fsp3) is 0.238. The molecule has 0 saturated carbocycles. The predicted molar refractivity (Wildman–Crippen MR) is 388 cm³/mol. The molecule has 10 aromatic rings. The summed E-state index contributed by atoms with van der Waals surface area (Å²) in [6.45, 7) is 7.14. The van der Waals surface area contributed by atoms with Gasteiger partial charge in [0, 0.05) is 22.3 Å². The van der Waals surface area contributed by atoms with Gasteiger partial charge < -0.3 is 67.8 Å². The van der Waals surface area contributed by atoms with Crippen LogP contribution in [0.5, 0.6) is 0 Å². The van der Waals surface area contributed by atoms with Gasteiger partial charge in [-0.2, -0.15) is 0 Å². The minimum Gasteiger partial charge on any atom is -0.478 e. The molecule has 0 amide bonds. The normalized spacial score (nSPS) is 10.9. The van der Waals surface area contributed by atoms with E-state index in [1.165, 1.54) is 0 Å². The van der Waals surface area contributed by atoms with Gasteiger partial charge in [0.25, 0.3) is 0 Å². The third-order valence-electron chi connectivity index (χ3n) is 16.0. The first-order chi connectivity index (χ1) is 49.9. The Morgan fingerprint density at radius 1 is 0.245 bits per heavy atom. The second-order valence-corrected chi connectivity index (χ2v) is 22.9. The largest absolute Gasteiger partial charge is 0.478 e. The van der Waals surface area contributed by atoms with Gasteiger partial charge >= 0.3 is 23.9 Å². The standard InChI is InChI=1S/C84H74O18/c85-81(86)69-21-9-61(10-22-69)73-53-59(54-74(57-73)62-11-23-70(24-12-62)82(87)88)5-1-33-93-37-41-97-45-49-101-51-47-99-43-39-95-35-3-7-65-17-19-67-30-32-78-66(18-20-68-29-31-77(65)79(67)80(68)78)8-4-36-96-40-44-100-48-52-102-50-46-98-42-38-94-34-2-6-60-55-75(63-13-25-71(26-14-63)83(89)90)58-76(56-60)64-15-27-72(28-16-64)84(91)92/h9-32,53-58H,33-52H2,(H,85,86)(H,87,88)(H,89,90)(H,91,92). The number of ether oxygens (including phenoxy) is 10. The van der Waals surface area contributed by atoms with Crippen LogP contribution in [0, 0.1) is 47.4 Å². The summed E-state index contributed by atoms with van der Waals surface area (Å²) in [5, 5.41) is 44.1. The number of aromatic carboxylic acids is 4. The highest BCUT2D eigenvalue weighted by molar-refractivity contribution is 6.25.